The molecule has 9 nitrogen and oxygen atoms in total. The highest BCUT2D eigenvalue weighted by Gasteiger charge is 2.41. The molecule has 0 bridgehead atoms. The molecule has 154 valence electrons. The molecule has 0 radical (unpaired) electrons. The summed E-state index contributed by atoms with van der Waals surface area (Å²) in [6.45, 7) is 2.04. The Labute approximate surface area is 170 Å². The topological polar surface area (TPSA) is 87.5 Å². The monoisotopic (exact) mass is 397 g/mol. The molecule has 1 aliphatic heterocycles. The highest BCUT2D eigenvalue weighted by Crippen LogP contribution is 2.39. The molecule has 0 aromatic carbocycles. The first-order chi connectivity index (χ1) is 13.9. The maximum absolute atomic E-state index is 13.0. The second-order valence-corrected chi connectivity index (χ2v) is 7.91. The quantitative estimate of drug-likeness (QED) is 0.783. The van der Waals surface area contributed by atoms with Crippen molar-refractivity contribution >= 4 is 23.3 Å². The normalized spacial score (nSPS) is 19.6. The average Bonchev–Trinajstić information content (AvgIpc) is 3.41. The van der Waals surface area contributed by atoms with Crippen LogP contribution in [0, 0.1) is 0 Å². The third-order valence-electron chi connectivity index (χ3n) is 5.84. The number of carbonyl (C=O) groups is 2. The van der Waals surface area contributed by atoms with Crippen LogP contribution in [0.3, 0.4) is 0 Å². The lowest BCUT2D eigenvalue weighted by Crippen LogP contribution is -2.55. The van der Waals surface area contributed by atoms with Crippen LogP contribution in [0.1, 0.15) is 49.5 Å². The van der Waals surface area contributed by atoms with E-state index in [1.165, 1.54) is 17.7 Å². The van der Waals surface area contributed by atoms with Gasteiger partial charge in [-0.3, -0.25) is 14.2 Å². The van der Waals surface area contributed by atoms with Crippen LogP contribution in [0.25, 0.3) is 5.95 Å². The first-order valence-electron chi connectivity index (χ1n) is 10.1. The van der Waals surface area contributed by atoms with Crippen LogP contribution >= 0.6 is 0 Å². The molecule has 2 aromatic heterocycles. The van der Waals surface area contributed by atoms with Gasteiger partial charge < -0.3 is 14.7 Å². The molecule has 0 unspecified atom stereocenters. The fourth-order valence-corrected chi connectivity index (χ4v) is 4.27. The fraction of sp³-hybridized carbons (Fsp3) is 0.550. The maximum Gasteiger partial charge on any atom is 0.273 e. The van der Waals surface area contributed by atoms with Gasteiger partial charge in [0.1, 0.15) is 23.8 Å². The lowest BCUT2D eigenvalue weighted by atomic mass is 10.0. The van der Waals surface area contributed by atoms with Crippen LogP contribution in [0.5, 0.6) is 0 Å². The molecule has 0 N–H and O–H groups in total. The predicted molar refractivity (Wildman–Crippen MR) is 109 cm³/mol. The largest absolute Gasteiger partial charge is 0.343 e. The summed E-state index contributed by atoms with van der Waals surface area (Å²) in [7, 11) is 5.16. The van der Waals surface area contributed by atoms with Gasteiger partial charge in [0.2, 0.25) is 11.9 Å². The minimum absolute atomic E-state index is 0.0877. The lowest BCUT2D eigenvalue weighted by molar-refractivity contribution is -0.120. The van der Waals surface area contributed by atoms with Crippen molar-refractivity contribution in [3.8, 4) is 5.95 Å². The molecule has 9 heteroatoms. The predicted octanol–water partition coefficient (Wildman–Crippen LogP) is 1.87. The van der Waals surface area contributed by atoms with E-state index in [4.69, 9.17) is 4.98 Å². The van der Waals surface area contributed by atoms with E-state index in [0.29, 0.717) is 17.7 Å². The number of hydrogen-bond acceptors (Lipinski definition) is 6. The number of nitrogens with zero attached hydrogens (tertiary/aromatic N) is 7. The van der Waals surface area contributed by atoms with Crippen LogP contribution < -0.4 is 9.80 Å². The molecule has 3 heterocycles. The van der Waals surface area contributed by atoms with Crippen LogP contribution in [0.4, 0.5) is 11.5 Å². The van der Waals surface area contributed by atoms with Crippen LogP contribution in [-0.4, -0.2) is 69.5 Å². The van der Waals surface area contributed by atoms with Crippen molar-refractivity contribution in [1.82, 2.24) is 24.4 Å². The van der Waals surface area contributed by atoms with Crippen molar-refractivity contribution in [2.75, 3.05) is 30.9 Å². The smallest absolute Gasteiger partial charge is 0.273 e. The molecule has 2 amide bonds. The van der Waals surface area contributed by atoms with Crippen molar-refractivity contribution in [1.29, 1.82) is 0 Å². The van der Waals surface area contributed by atoms with Gasteiger partial charge >= 0.3 is 0 Å². The Hall–Kier alpha value is -2.97. The number of rotatable bonds is 4. The van der Waals surface area contributed by atoms with Gasteiger partial charge in [-0.1, -0.05) is 19.8 Å². The van der Waals surface area contributed by atoms with Crippen LogP contribution in [-0.2, 0) is 4.79 Å². The van der Waals surface area contributed by atoms with Gasteiger partial charge in [-0.2, -0.15) is 4.98 Å². The molecule has 2 aromatic rings. The molecule has 1 saturated carbocycles. The number of carbonyl (C=O) groups excluding carboxylic acids is 2. The minimum atomic E-state index is -0.216. The van der Waals surface area contributed by atoms with Gasteiger partial charge in [-0.05, 0) is 19.3 Å². The number of imidazole rings is 1. The zero-order valence-corrected chi connectivity index (χ0v) is 17.4. The zero-order valence-electron chi connectivity index (χ0n) is 17.4. The Morgan fingerprint density at radius 2 is 1.97 bits per heavy atom. The van der Waals surface area contributed by atoms with Gasteiger partial charge in [0.25, 0.3) is 5.91 Å². The first kappa shape index (κ1) is 19.4. The zero-order chi connectivity index (χ0) is 20.7. The minimum Gasteiger partial charge on any atom is -0.343 e. The summed E-state index contributed by atoms with van der Waals surface area (Å²) in [5.41, 5.74) is 1.06. The third-order valence-corrected chi connectivity index (χ3v) is 5.84. The molecule has 1 aliphatic carbocycles. The van der Waals surface area contributed by atoms with E-state index in [1.807, 2.05) is 6.92 Å². The summed E-state index contributed by atoms with van der Waals surface area (Å²) >= 11 is 0. The van der Waals surface area contributed by atoms with E-state index >= 15 is 0 Å². The third kappa shape index (κ3) is 3.24. The summed E-state index contributed by atoms with van der Waals surface area (Å²) in [5, 5.41) is 0. The molecule has 4 rings (SSSR count). The van der Waals surface area contributed by atoms with Gasteiger partial charge in [-0.25, -0.2) is 9.97 Å². The van der Waals surface area contributed by atoms with Gasteiger partial charge in [0, 0.05) is 33.4 Å². The number of anilines is 2. The Bertz CT molecular complexity index is 933. The van der Waals surface area contributed by atoms with Crippen molar-refractivity contribution in [3.63, 3.8) is 0 Å². The SMILES string of the molecule is CC[C@@H]1C(=O)N(C)c2cnc(-n3cnc(C(=O)N(C)C)c3)nc2N1C1CCCC1. The molecule has 1 atom stereocenters. The van der Waals surface area contributed by atoms with E-state index in [-0.39, 0.29) is 17.9 Å². The van der Waals surface area contributed by atoms with E-state index < -0.39 is 0 Å². The molecular weight excluding hydrogens is 370 g/mol. The number of aromatic nitrogens is 4. The lowest BCUT2D eigenvalue weighted by Gasteiger charge is -2.43. The number of amides is 2. The van der Waals surface area contributed by atoms with Gasteiger partial charge in [0.15, 0.2) is 5.82 Å². The molecule has 0 saturated heterocycles. The summed E-state index contributed by atoms with van der Waals surface area (Å²) in [4.78, 5) is 43.9. The summed E-state index contributed by atoms with van der Waals surface area (Å²) in [5.74, 6) is 1.13. The van der Waals surface area contributed by atoms with E-state index in [1.54, 1.807) is 49.3 Å². The van der Waals surface area contributed by atoms with Crippen LogP contribution in [0.15, 0.2) is 18.7 Å². The fourth-order valence-electron chi connectivity index (χ4n) is 4.27. The summed E-state index contributed by atoms with van der Waals surface area (Å²) in [6.07, 6.45) is 10.1. The maximum atomic E-state index is 13.0. The molecule has 1 fully saturated rings. The van der Waals surface area contributed by atoms with Crippen molar-refractivity contribution in [2.24, 2.45) is 0 Å². The highest BCUT2D eigenvalue weighted by molar-refractivity contribution is 6.04. The summed E-state index contributed by atoms with van der Waals surface area (Å²) in [6, 6.07) is 0.0970. The van der Waals surface area contributed by atoms with Crippen molar-refractivity contribution < 1.29 is 9.59 Å². The molecular formula is C20H27N7O2. The second-order valence-electron chi connectivity index (χ2n) is 7.91. The molecule has 0 spiro atoms. The highest BCUT2D eigenvalue weighted by atomic mass is 16.2. The van der Waals surface area contributed by atoms with Gasteiger partial charge in [0.05, 0.1) is 6.20 Å². The van der Waals surface area contributed by atoms with E-state index in [2.05, 4.69) is 14.9 Å². The van der Waals surface area contributed by atoms with Crippen molar-refractivity contribution in [2.45, 2.75) is 51.1 Å². The Kier molecular flexibility index (Phi) is 4.97. The Balaban J connectivity index is 1.77. The number of hydrogen-bond donors (Lipinski definition) is 0. The van der Waals surface area contributed by atoms with E-state index in [9.17, 15) is 9.59 Å². The Morgan fingerprint density at radius 1 is 1.24 bits per heavy atom. The average molecular weight is 397 g/mol. The van der Waals surface area contributed by atoms with E-state index in [0.717, 1.165) is 30.8 Å². The summed E-state index contributed by atoms with van der Waals surface area (Å²) < 4.78 is 1.65. The first-order valence-corrected chi connectivity index (χ1v) is 10.1. The second kappa shape index (κ2) is 7.46. The number of fused-ring (bicyclic) bond motifs is 1. The van der Waals surface area contributed by atoms with Crippen molar-refractivity contribution in [3.05, 3.63) is 24.4 Å². The number of likely N-dealkylation sites (N-methyl/N-ethyl adjacent to an activating group) is 1. The molecule has 2 aliphatic rings. The Morgan fingerprint density at radius 3 is 2.62 bits per heavy atom. The van der Waals surface area contributed by atoms with Crippen LogP contribution in [0.2, 0.25) is 0 Å². The molecule has 29 heavy (non-hydrogen) atoms. The standard InChI is InChI=1S/C20H27N7O2/c1-5-15-19(29)25(4)16-10-21-20(23-17(16)27(15)13-8-6-7-9-13)26-11-14(22-12-26)18(28)24(2)3/h10-13,15H,5-9H2,1-4H3/t15-/m1/s1. The van der Waals surface area contributed by atoms with Gasteiger partial charge in [-0.15, -0.1) is 0 Å².